The summed E-state index contributed by atoms with van der Waals surface area (Å²) < 4.78 is 19.0. The van der Waals surface area contributed by atoms with Crippen LogP contribution in [0, 0.1) is 12.7 Å². The second-order valence-electron chi connectivity index (χ2n) is 6.17. The van der Waals surface area contributed by atoms with Gasteiger partial charge in [0.05, 0.1) is 5.69 Å². The topological polar surface area (TPSA) is 45.4 Å². The highest BCUT2D eigenvalue weighted by Crippen LogP contribution is 2.29. The molecule has 0 spiro atoms. The standard InChI is InChI=1S/C18H19FN4O/c1-13-11-17(15-3-2-4-16(19)18(15)20-13)23-8-6-22(7-9-23)12-14-5-10-24-21-14/h2-5,10-11H,6-9,12H2,1H3. The summed E-state index contributed by atoms with van der Waals surface area (Å²) in [6.07, 6.45) is 1.60. The van der Waals surface area contributed by atoms with Crippen molar-refractivity contribution in [2.75, 3.05) is 31.1 Å². The van der Waals surface area contributed by atoms with Gasteiger partial charge < -0.3 is 9.42 Å². The number of pyridine rings is 1. The lowest BCUT2D eigenvalue weighted by atomic mass is 10.1. The van der Waals surface area contributed by atoms with Gasteiger partial charge in [-0.15, -0.1) is 0 Å². The third kappa shape index (κ3) is 2.85. The van der Waals surface area contributed by atoms with Crippen LogP contribution >= 0.6 is 0 Å². The van der Waals surface area contributed by atoms with Crippen molar-refractivity contribution in [3.8, 4) is 0 Å². The molecule has 6 heteroatoms. The minimum atomic E-state index is -0.262. The first-order valence-corrected chi connectivity index (χ1v) is 8.13. The van der Waals surface area contributed by atoms with E-state index in [1.165, 1.54) is 6.07 Å². The summed E-state index contributed by atoms with van der Waals surface area (Å²) in [5.74, 6) is -0.262. The number of hydrogen-bond acceptors (Lipinski definition) is 5. The number of rotatable bonds is 3. The van der Waals surface area contributed by atoms with Crippen molar-refractivity contribution < 1.29 is 8.91 Å². The molecule has 0 aliphatic carbocycles. The molecule has 1 aliphatic heterocycles. The molecule has 0 N–H and O–H groups in total. The maximum atomic E-state index is 14.1. The molecule has 5 nitrogen and oxygen atoms in total. The number of piperazine rings is 1. The van der Waals surface area contributed by atoms with Crippen LogP contribution in [0.25, 0.3) is 10.9 Å². The van der Waals surface area contributed by atoms with E-state index in [1.807, 2.05) is 19.1 Å². The van der Waals surface area contributed by atoms with Gasteiger partial charge >= 0.3 is 0 Å². The molecular formula is C18H19FN4O. The Morgan fingerprint density at radius 2 is 2.00 bits per heavy atom. The van der Waals surface area contributed by atoms with Gasteiger partial charge in [0.2, 0.25) is 0 Å². The number of halogens is 1. The molecule has 1 aromatic carbocycles. The number of anilines is 1. The van der Waals surface area contributed by atoms with Gasteiger partial charge in [-0.05, 0) is 19.1 Å². The zero-order valence-corrected chi connectivity index (χ0v) is 13.6. The third-order valence-corrected chi connectivity index (χ3v) is 4.49. The summed E-state index contributed by atoms with van der Waals surface area (Å²) in [7, 11) is 0. The Balaban J connectivity index is 1.55. The predicted molar refractivity (Wildman–Crippen MR) is 90.4 cm³/mol. The van der Waals surface area contributed by atoms with Gasteiger partial charge in [0.15, 0.2) is 0 Å². The van der Waals surface area contributed by atoms with Crippen LogP contribution in [-0.2, 0) is 6.54 Å². The average Bonchev–Trinajstić information content (AvgIpc) is 3.09. The Morgan fingerprint density at radius 3 is 2.75 bits per heavy atom. The lowest BCUT2D eigenvalue weighted by Gasteiger charge is -2.36. The van der Waals surface area contributed by atoms with E-state index in [1.54, 1.807) is 12.3 Å². The lowest BCUT2D eigenvalue weighted by Crippen LogP contribution is -2.46. The zero-order chi connectivity index (χ0) is 16.5. The molecule has 0 radical (unpaired) electrons. The molecule has 0 unspecified atom stereocenters. The summed E-state index contributed by atoms with van der Waals surface area (Å²) in [6, 6.07) is 9.11. The maximum absolute atomic E-state index is 14.1. The summed E-state index contributed by atoms with van der Waals surface area (Å²) in [6.45, 7) is 6.38. The minimum Gasteiger partial charge on any atom is -0.368 e. The molecule has 124 valence electrons. The molecule has 4 rings (SSSR count). The van der Waals surface area contributed by atoms with Gasteiger partial charge in [-0.25, -0.2) is 9.37 Å². The van der Waals surface area contributed by atoms with Crippen LogP contribution < -0.4 is 4.90 Å². The number of aromatic nitrogens is 2. The number of aryl methyl sites for hydroxylation is 1. The number of fused-ring (bicyclic) bond motifs is 1. The van der Waals surface area contributed by atoms with Gasteiger partial charge in [-0.1, -0.05) is 17.3 Å². The Labute approximate surface area is 139 Å². The van der Waals surface area contributed by atoms with Crippen molar-refractivity contribution >= 4 is 16.6 Å². The molecule has 0 atom stereocenters. The number of para-hydroxylation sites is 1. The first-order chi connectivity index (χ1) is 11.7. The number of nitrogens with zero attached hydrogens (tertiary/aromatic N) is 4. The van der Waals surface area contributed by atoms with Gasteiger partial charge in [0.1, 0.15) is 17.6 Å². The minimum absolute atomic E-state index is 0.262. The summed E-state index contributed by atoms with van der Waals surface area (Å²) in [5, 5.41) is 4.85. The molecule has 1 aliphatic rings. The van der Waals surface area contributed by atoms with Gasteiger partial charge in [-0.2, -0.15) is 0 Å². The number of benzene rings is 1. The first kappa shape index (κ1) is 15.1. The average molecular weight is 326 g/mol. The predicted octanol–water partition coefficient (Wildman–Crippen LogP) is 2.99. The van der Waals surface area contributed by atoms with Crippen LogP contribution in [0.4, 0.5) is 10.1 Å². The van der Waals surface area contributed by atoms with Crippen molar-refractivity contribution in [3.05, 3.63) is 53.8 Å². The fourth-order valence-electron chi connectivity index (χ4n) is 3.28. The van der Waals surface area contributed by atoms with Crippen molar-refractivity contribution in [3.63, 3.8) is 0 Å². The zero-order valence-electron chi connectivity index (χ0n) is 13.6. The Bertz CT molecular complexity index is 842. The fraction of sp³-hybridized carbons (Fsp3) is 0.333. The van der Waals surface area contributed by atoms with E-state index in [-0.39, 0.29) is 5.82 Å². The molecule has 3 heterocycles. The van der Waals surface area contributed by atoms with Crippen molar-refractivity contribution in [1.82, 2.24) is 15.0 Å². The fourth-order valence-corrected chi connectivity index (χ4v) is 3.28. The molecule has 1 fully saturated rings. The largest absolute Gasteiger partial charge is 0.368 e. The van der Waals surface area contributed by atoms with Gasteiger partial charge in [-0.3, -0.25) is 4.90 Å². The van der Waals surface area contributed by atoms with Crippen molar-refractivity contribution in [1.29, 1.82) is 0 Å². The molecule has 2 aromatic heterocycles. The Morgan fingerprint density at radius 1 is 1.17 bits per heavy atom. The van der Waals surface area contributed by atoms with E-state index in [0.29, 0.717) is 5.52 Å². The van der Waals surface area contributed by atoms with Gasteiger partial charge in [0.25, 0.3) is 0 Å². The van der Waals surface area contributed by atoms with E-state index in [0.717, 1.165) is 55.2 Å². The van der Waals surface area contributed by atoms with E-state index in [9.17, 15) is 4.39 Å². The quantitative estimate of drug-likeness (QED) is 0.740. The first-order valence-electron chi connectivity index (χ1n) is 8.13. The summed E-state index contributed by atoms with van der Waals surface area (Å²) >= 11 is 0. The molecular weight excluding hydrogens is 307 g/mol. The van der Waals surface area contributed by atoms with E-state index < -0.39 is 0 Å². The van der Waals surface area contributed by atoms with E-state index in [2.05, 4.69) is 26.0 Å². The van der Waals surface area contributed by atoms with Crippen LogP contribution in [0.1, 0.15) is 11.4 Å². The normalized spacial score (nSPS) is 16.0. The summed E-state index contributed by atoms with van der Waals surface area (Å²) in [4.78, 5) is 9.03. The van der Waals surface area contributed by atoms with Crippen LogP contribution in [0.2, 0.25) is 0 Å². The monoisotopic (exact) mass is 326 g/mol. The summed E-state index contributed by atoms with van der Waals surface area (Å²) in [5.41, 5.74) is 3.32. The Hall–Kier alpha value is -2.47. The highest BCUT2D eigenvalue weighted by Gasteiger charge is 2.20. The van der Waals surface area contributed by atoms with Crippen LogP contribution in [-0.4, -0.2) is 41.2 Å². The maximum Gasteiger partial charge on any atom is 0.149 e. The number of hydrogen-bond donors (Lipinski definition) is 0. The molecule has 24 heavy (non-hydrogen) atoms. The second kappa shape index (κ2) is 6.20. The van der Waals surface area contributed by atoms with Crippen LogP contribution in [0.5, 0.6) is 0 Å². The van der Waals surface area contributed by atoms with Crippen LogP contribution in [0.3, 0.4) is 0 Å². The molecule has 0 saturated carbocycles. The van der Waals surface area contributed by atoms with Crippen molar-refractivity contribution in [2.45, 2.75) is 13.5 Å². The van der Waals surface area contributed by atoms with E-state index >= 15 is 0 Å². The highest BCUT2D eigenvalue weighted by atomic mass is 19.1. The van der Waals surface area contributed by atoms with Crippen LogP contribution in [0.15, 0.2) is 41.1 Å². The van der Waals surface area contributed by atoms with Gasteiger partial charge in [0, 0.05) is 55.6 Å². The third-order valence-electron chi connectivity index (χ3n) is 4.49. The smallest absolute Gasteiger partial charge is 0.149 e. The molecule has 0 amide bonds. The second-order valence-corrected chi connectivity index (χ2v) is 6.17. The highest BCUT2D eigenvalue weighted by molar-refractivity contribution is 5.92. The molecule has 3 aromatic rings. The molecule has 1 saturated heterocycles. The Kier molecular flexibility index (Phi) is 3.90. The lowest BCUT2D eigenvalue weighted by molar-refractivity contribution is 0.242. The van der Waals surface area contributed by atoms with Crippen molar-refractivity contribution in [2.24, 2.45) is 0 Å². The molecule has 0 bridgehead atoms. The van der Waals surface area contributed by atoms with E-state index in [4.69, 9.17) is 4.52 Å². The SMILES string of the molecule is Cc1cc(N2CCN(Cc3ccon3)CC2)c2cccc(F)c2n1.